The van der Waals surface area contributed by atoms with Gasteiger partial charge in [0, 0.05) is 23.9 Å². The van der Waals surface area contributed by atoms with Crippen molar-refractivity contribution in [1.82, 2.24) is 4.98 Å². The van der Waals surface area contributed by atoms with Crippen molar-refractivity contribution >= 4 is 34.2 Å². The van der Waals surface area contributed by atoms with Gasteiger partial charge >= 0.3 is 0 Å². The van der Waals surface area contributed by atoms with Crippen molar-refractivity contribution < 1.29 is 9.53 Å². The van der Waals surface area contributed by atoms with Crippen LogP contribution in [0, 0.1) is 5.92 Å². The number of aromatic nitrogens is 1. The maximum absolute atomic E-state index is 10.8. The lowest BCUT2D eigenvalue weighted by Crippen LogP contribution is -2.13. The van der Waals surface area contributed by atoms with Crippen molar-refractivity contribution in [2.45, 2.75) is 31.6 Å². The summed E-state index contributed by atoms with van der Waals surface area (Å²) in [5.74, 6) is 2.44. The molecule has 0 unspecified atom stereocenters. The van der Waals surface area contributed by atoms with E-state index in [2.05, 4.69) is 10.3 Å². The lowest BCUT2D eigenvalue weighted by molar-refractivity contribution is -0.118. The molecular formula is C18H22ClN3O2. The smallest absolute Gasteiger partial charge is 0.217 e. The van der Waals surface area contributed by atoms with Crippen LogP contribution in [0.25, 0.3) is 10.9 Å². The molecule has 2 aromatic rings. The van der Waals surface area contributed by atoms with Crippen LogP contribution in [0.15, 0.2) is 24.3 Å². The van der Waals surface area contributed by atoms with E-state index in [0.717, 1.165) is 40.6 Å². The van der Waals surface area contributed by atoms with Crippen molar-refractivity contribution in [3.8, 4) is 5.75 Å². The fourth-order valence-corrected chi connectivity index (χ4v) is 2.71. The van der Waals surface area contributed by atoms with E-state index in [1.165, 1.54) is 12.8 Å². The Bertz CT molecular complexity index is 732. The number of ether oxygens (including phenoxy) is 1. The summed E-state index contributed by atoms with van der Waals surface area (Å²) in [6.45, 7) is 1.43. The van der Waals surface area contributed by atoms with Crippen LogP contribution in [0.2, 0.25) is 0 Å². The van der Waals surface area contributed by atoms with Crippen LogP contribution < -0.4 is 15.8 Å². The Hall–Kier alpha value is -2.01. The van der Waals surface area contributed by atoms with Crippen molar-refractivity contribution in [3.63, 3.8) is 0 Å². The van der Waals surface area contributed by atoms with Crippen LogP contribution in [0.3, 0.4) is 0 Å². The van der Waals surface area contributed by atoms with Gasteiger partial charge in [-0.25, -0.2) is 4.98 Å². The fourth-order valence-electron chi connectivity index (χ4n) is 2.51. The topological polar surface area (TPSA) is 77.2 Å². The number of rotatable bonds is 9. The molecule has 1 aromatic heterocycles. The molecule has 0 aliphatic heterocycles. The van der Waals surface area contributed by atoms with Crippen LogP contribution in [-0.4, -0.2) is 24.0 Å². The summed E-state index contributed by atoms with van der Waals surface area (Å²) in [7, 11) is 0. The Morgan fingerprint density at radius 3 is 2.92 bits per heavy atom. The first-order valence-electron chi connectivity index (χ1n) is 8.30. The molecule has 0 bridgehead atoms. The van der Waals surface area contributed by atoms with Gasteiger partial charge in [0.25, 0.3) is 0 Å². The Balaban J connectivity index is 1.72. The molecule has 24 heavy (non-hydrogen) atoms. The quantitative estimate of drug-likeness (QED) is 0.538. The second kappa shape index (κ2) is 7.71. The van der Waals surface area contributed by atoms with Gasteiger partial charge in [-0.2, -0.15) is 0 Å². The van der Waals surface area contributed by atoms with E-state index in [4.69, 9.17) is 22.1 Å². The van der Waals surface area contributed by atoms with Crippen LogP contribution in [0.4, 0.5) is 5.82 Å². The molecule has 1 saturated carbocycles. The number of carbonyl (C=O) groups excluding carboxylic acids is 1. The van der Waals surface area contributed by atoms with E-state index in [1.54, 1.807) is 0 Å². The summed E-state index contributed by atoms with van der Waals surface area (Å²) in [5.41, 5.74) is 6.97. The van der Waals surface area contributed by atoms with Gasteiger partial charge in [-0.1, -0.05) is 0 Å². The number of fused-ring (bicyclic) bond motifs is 1. The maximum atomic E-state index is 10.8. The first-order valence-corrected chi connectivity index (χ1v) is 8.84. The fraction of sp³-hybridized carbons (Fsp3) is 0.444. The third-order valence-electron chi connectivity index (χ3n) is 4.08. The number of alkyl halides is 1. The zero-order valence-corrected chi connectivity index (χ0v) is 14.3. The van der Waals surface area contributed by atoms with Gasteiger partial charge in [0.2, 0.25) is 5.91 Å². The number of nitrogens with zero attached hydrogens (tertiary/aromatic N) is 1. The summed E-state index contributed by atoms with van der Waals surface area (Å²) < 4.78 is 5.82. The first kappa shape index (κ1) is 16.8. The Kier molecular flexibility index (Phi) is 5.41. The van der Waals surface area contributed by atoms with Gasteiger partial charge in [-0.15, -0.1) is 11.6 Å². The van der Waals surface area contributed by atoms with Gasteiger partial charge in [0.15, 0.2) is 0 Å². The number of nitrogens with two attached hydrogens (primary N) is 1. The molecule has 1 fully saturated rings. The monoisotopic (exact) mass is 347 g/mol. The van der Waals surface area contributed by atoms with Crippen LogP contribution >= 0.6 is 11.6 Å². The van der Waals surface area contributed by atoms with Gasteiger partial charge in [0.1, 0.15) is 11.6 Å². The zero-order valence-electron chi connectivity index (χ0n) is 13.6. The highest BCUT2D eigenvalue weighted by Gasteiger charge is 2.21. The summed E-state index contributed by atoms with van der Waals surface area (Å²) in [5, 5.41) is 4.26. The normalized spacial score (nSPS) is 13.9. The maximum Gasteiger partial charge on any atom is 0.217 e. The minimum atomic E-state index is -0.292. The number of hydrogen-bond donors (Lipinski definition) is 2. The van der Waals surface area contributed by atoms with E-state index in [0.29, 0.717) is 25.3 Å². The molecule has 3 N–H and O–H groups in total. The number of hydrogen-bond acceptors (Lipinski definition) is 4. The number of anilines is 1. The highest BCUT2D eigenvalue weighted by molar-refractivity contribution is 6.17. The number of pyridine rings is 1. The van der Waals surface area contributed by atoms with Crippen LogP contribution in [-0.2, 0) is 10.7 Å². The number of amides is 1. The minimum absolute atomic E-state index is 0.292. The van der Waals surface area contributed by atoms with E-state index in [-0.39, 0.29) is 5.91 Å². The van der Waals surface area contributed by atoms with Crippen molar-refractivity contribution in [2.24, 2.45) is 11.7 Å². The SMILES string of the molecule is NC(=O)CCCNc1nc2ccc(OCC3CC3)cc2cc1CCl. The summed E-state index contributed by atoms with van der Waals surface area (Å²) >= 11 is 6.06. The first-order chi connectivity index (χ1) is 11.7. The summed E-state index contributed by atoms with van der Waals surface area (Å²) in [6.07, 6.45) is 3.58. The van der Waals surface area contributed by atoms with Gasteiger partial charge < -0.3 is 15.8 Å². The highest BCUT2D eigenvalue weighted by Crippen LogP contribution is 2.30. The van der Waals surface area contributed by atoms with Crippen molar-refractivity contribution in [2.75, 3.05) is 18.5 Å². The predicted molar refractivity (Wildman–Crippen MR) is 96.4 cm³/mol. The largest absolute Gasteiger partial charge is 0.493 e. The third-order valence-corrected chi connectivity index (χ3v) is 4.37. The Morgan fingerprint density at radius 2 is 2.21 bits per heavy atom. The number of benzene rings is 1. The molecule has 0 saturated heterocycles. The molecule has 1 heterocycles. The molecule has 128 valence electrons. The summed E-state index contributed by atoms with van der Waals surface area (Å²) in [4.78, 5) is 15.4. The number of carbonyl (C=O) groups is 1. The van der Waals surface area contributed by atoms with Crippen molar-refractivity contribution in [1.29, 1.82) is 0 Å². The molecule has 3 rings (SSSR count). The van der Waals surface area contributed by atoms with Gasteiger partial charge in [-0.3, -0.25) is 4.79 Å². The van der Waals surface area contributed by atoms with Crippen LogP contribution in [0.1, 0.15) is 31.2 Å². The van der Waals surface area contributed by atoms with Crippen molar-refractivity contribution in [3.05, 3.63) is 29.8 Å². The average molecular weight is 348 g/mol. The molecule has 0 radical (unpaired) electrons. The molecular weight excluding hydrogens is 326 g/mol. The molecule has 1 aromatic carbocycles. The molecule has 6 heteroatoms. The minimum Gasteiger partial charge on any atom is -0.493 e. The Morgan fingerprint density at radius 1 is 1.38 bits per heavy atom. The second-order valence-electron chi connectivity index (χ2n) is 6.24. The van der Waals surface area contributed by atoms with E-state index >= 15 is 0 Å². The van der Waals surface area contributed by atoms with E-state index in [1.807, 2.05) is 24.3 Å². The molecule has 1 aliphatic carbocycles. The van der Waals surface area contributed by atoms with Gasteiger partial charge in [-0.05, 0) is 49.4 Å². The Labute approximate surface area is 146 Å². The number of primary amides is 1. The second-order valence-corrected chi connectivity index (χ2v) is 6.50. The van der Waals surface area contributed by atoms with Gasteiger partial charge in [0.05, 0.1) is 18.0 Å². The zero-order chi connectivity index (χ0) is 16.9. The average Bonchev–Trinajstić information content (AvgIpc) is 3.40. The number of nitrogens with one attached hydrogen (secondary N) is 1. The summed E-state index contributed by atoms with van der Waals surface area (Å²) in [6, 6.07) is 7.96. The van der Waals surface area contributed by atoms with Crippen LogP contribution in [0.5, 0.6) is 5.75 Å². The number of halogens is 1. The molecule has 1 amide bonds. The van der Waals surface area contributed by atoms with E-state index < -0.39 is 0 Å². The molecule has 1 aliphatic rings. The lowest BCUT2D eigenvalue weighted by Gasteiger charge is -2.12. The standard InChI is InChI=1S/C18H22ClN3O2/c19-10-14-8-13-9-15(24-11-12-3-4-12)5-6-16(13)22-18(14)21-7-1-2-17(20)23/h5-6,8-9,12H,1-4,7,10-11H2,(H2,20,23)(H,21,22). The molecule has 5 nitrogen and oxygen atoms in total. The predicted octanol–water partition coefficient (Wildman–Crippen LogP) is 3.44. The highest BCUT2D eigenvalue weighted by atomic mass is 35.5. The van der Waals surface area contributed by atoms with E-state index in [9.17, 15) is 4.79 Å². The molecule has 0 atom stereocenters. The lowest BCUT2D eigenvalue weighted by atomic mass is 10.1. The molecule has 0 spiro atoms. The third kappa shape index (κ3) is 4.51.